The Morgan fingerprint density at radius 3 is 2.23 bits per heavy atom. The first-order chi connectivity index (χ1) is 5.73. The Bertz CT molecular complexity index is 289. The predicted molar refractivity (Wildman–Crippen MR) is 53.1 cm³/mol. The molecule has 0 aromatic heterocycles. The van der Waals surface area contributed by atoms with Crippen LogP contribution in [0.3, 0.4) is 0 Å². The van der Waals surface area contributed by atoms with Gasteiger partial charge in [-0.15, -0.1) is 0 Å². The van der Waals surface area contributed by atoms with Crippen LogP contribution in [0.2, 0.25) is 0 Å². The van der Waals surface area contributed by atoms with Crippen molar-refractivity contribution in [3.8, 4) is 0 Å². The molecule has 13 heavy (non-hydrogen) atoms. The van der Waals surface area contributed by atoms with Gasteiger partial charge in [0, 0.05) is 35.9 Å². The average Bonchev–Trinajstić information content (AvgIpc) is 1.92. The van der Waals surface area contributed by atoms with Crippen LogP contribution >= 0.6 is 10.7 Å². The molecule has 6 heteroatoms. The Morgan fingerprint density at radius 1 is 1.31 bits per heavy atom. The van der Waals surface area contributed by atoms with E-state index in [4.69, 9.17) is 10.7 Å². The molecule has 0 unspecified atom stereocenters. The largest absolute Gasteiger partial charge is 0.299 e. The van der Waals surface area contributed by atoms with Crippen LogP contribution in [-0.4, -0.2) is 49.8 Å². The first-order valence-electron chi connectivity index (χ1n) is 4.14. The normalized spacial score (nSPS) is 26.2. The topological polar surface area (TPSA) is 40.6 Å². The quantitative estimate of drug-likeness (QED) is 0.612. The molecule has 0 bridgehead atoms. The number of rotatable bonds is 1. The van der Waals surface area contributed by atoms with Crippen LogP contribution in [0.25, 0.3) is 0 Å². The summed E-state index contributed by atoms with van der Waals surface area (Å²) in [4.78, 5) is 2.13. The molecule has 0 spiro atoms. The van der Waals surface area contributed by atoms with E-state index >= 15 is 0 Å². The Kier molecular flexibility index (Phi) is 2.92. The van der Waals surface area contributed by atoms with Gasteiger partial charge in [0.05, 0.1) is 0 Å². The van der Waals surface area contributed by atoms with Gasteiger partial charge in [-0.25, -0.2) is 0 Å². The monoisotopic (exact) mass is 226 g/mol. The van der Waals surface area contributed by atoms with Crippen molar-refractivity contribution in [3.63, 3.8) is 0 Å². The van der Waals surface area contributed by atoms with E-state index < -0.39 is 9.24 Å². The Morgan fingerprint density at radius 2 is 1.85 bits per heavy atom. The van der Waals surface area contributed by atoms with Gasteiger partial charge in [0.15, 0.2) is 0 Å². The van der Waals surface area contributed by atoms with Crippen molar-refractivity contribution in [1.82, 2.24) is 9.21 Å². The number of hydrogen-bond donors (Lipinski definition) is 0. The maximum absolute atomic E-state index is 11.1. The van der Waals surface area contributed by atoms with E-state index in [0.29, 0.717) is 13.1 Å². The summed E-state index contributed by atoms with van der Waals surface area (Å²) in [7, 11) is 3.71. The predicted octanol–water partition coefficient (Wildman–Crippen LogP) is 0.496. The minimum Gasteiger partial charge on any atom is -0.299 e. The van der Waals surface area contributed by atoms with Gasteiger partial charge in [0.25, 0.3) is 9.24 Å². The van der Waals surface area contributed by atoms with E-state index in [1.165, 1.54) is 4.31 Å². The summed E-state index contributed by atoms with van der Waals surface area (Å²) < 4.78 is 23.4. The highest BCUT2D eigenvalue weighted by Gasteiger charge is 2.35. The maximum atomic E-state index is 11.1. The van der Waals surface area contributed by atoms with Crippen molar-refractivity contribution in [3.05, 3.63) is 0 Å². The smallest absolute Gasteiger partial charge is 0.299 e. The Balaban J connectivity index is 2.78. The van der Waals surface area contributed by atoms with Gasteiger partial charge < -0.3 is 0 Å². The van der Waals surface area contributed by atoms with E-state index in [2.05, 4.69) is 4.90 Å². The van der Waals surface area contributed by atoms with Crippen LogP contribution in [-0.2, 0) is 9.24 Å². The van der Waals surface area contributed by atoms with Gasteiger partial charge in [-0.05, 0) is 20.9 Å². The molecule has 1 aliphatic heterocycles. The van der Waals surface area contributed by atoms with E-state index in [-0.39, 0.29) is 5.54 Å². The second-order valence-electron chi connectivity index (χ2n) is 4.01. The molecular formula is C7H15ClN2O2S. The third-order valence-corrected chi connectivity index (χ3v) is 4.10. The van der Waals surface area contributed by atoms with Crippen LogP contribution in [0.1, 0.15) is 13.8 Å². The highest BCUT2D eigenvalue weighted by molar-refractivity contribution is 8.11. The molecule has 0 saturated carbocycles. The van der Waals surface area contributed by atoms with Crippen molar-refractivity contribution in [1.29, 1.82) is 0 Å². The summed E-state index contributed by atoms with van der Waals surface area (Å²) in [5.41, 5.74) is -0.139. The second kappa shape index (κ2) is 3.38. The fourth-order valence-corrected chi connectivity index (χ4v) is 2.50. The highest BCUT2D eigenvalue weighted by Crippen LogP contribution is 2.22. The highest BCUT2D eigenvalue weighted by atomic mass is 35.7. The fraction of sp³-hybridized carbons (Fsp3) is 1.00. The Hall–Kier alpha value is 0.160. The molecule has 0 amide bonds. The van der Waals surface area contributed by atoms with Gasteiger partial charge in [-0.2, -0.15) is 12.7 Å². The standard InChI is InChI=1S/C7H15ClN2O2S/c1-7(2)6-10(13(8,11)12)5-4-9(7)3/h4-6H2,1-3H3. The SMILES string of the molecule is CN1CCN(S(=O)(=O)Cl)CC1(C)C. The average molecular weight is 227 g/mol. The van der Waals surface area contributed by atoms with Crippen molar-refractivity contribution in [2.75, 3.05) is 26.7 Å². The summed E-state index contributed by atoms with van der Waals surface area (Å²) in [6.45, 7) is 5.66. The van der Waals surface area contributed by atoms with Crippen LogP contribution in [0, 0.1) is 0 Å². The Labute approximate surface area is 84.0 Å². The first-order valence-corrected chi connectivity index (χ1v) is 6.41. The number of likely N-dealkylation sites (N-methyl/N-ethyl adjacent to an activating group) is 1. The molecule has 1 heterocycles. The molecule has 0 N–H and O–H groups in total. The van der Waals surface area contributed by atoms with Gasteiger partial charge >= 0.3 is 0 Å². The molecule has 0 aromatic carbocycles. The number of hydrogen-bond acceptors (Lipinski definition) is 3. The van der Waals surface area contributed by atoms with Gasteiger partial charge in [-0.3, -0.25) is 4.90 Å². The number of piperazine rings is 1. The summed E-state index contributed by atoms with van der Waals surface area (Å²) in [5.74, 6) is 0. The molecule has 1 fully saturated rings. The molecular weight excluding hydrogens is 212 g/mol. The number of nitrogens with zero attached hydrogens (tertiary/aromatic N) is 2. The number of halogens is 1. The lowest BCUT2D eigenvalue weighted by atomic mass is 10.0. The third kappa shape index (κ3) is 2.56. The van der Waals surface area contributed by atoms with Crippen molar-refractivity contribution < 1.29 is 8.42 Å². The van der Waals surface area contributed by atoms with Crippen molar-refractivity contribution in [2.24, 2.45) is 0 Å². The zero-order valence-corrected chi connectivity index (χ0v) is 9.69. The molecule has 4 nitrogen and oxygen atoms in total. The minimum absolute atomic E-state index is 0.139. The molecule has 0 atom stereocenters. The van der Waals surface area contributed by atoms with Crippen LogP contribution in [0.4, 0.5) is 0 Å². The second-order valence-corrected chi connectivity index (χ2v) is 6.52. The zero-order valence-electron chi connectivity index (χ0n) is 8.12. The molecule has 0 radical (unpaired) electrons. The summed E-state index contributed by atoms with van der Waals surface area (Å²) in [6, 6.07) is 0. The van der Waals surface area contributed by atoms with E-state index in [1.807, 2.05) is 20.9 Å². The first kappa shape index (κ1) is 11.2. The molecule has 0 aliphatic carbocycles. The molecule has 1 aliphatic rings. The summed E-state index contributed by atoms with van der Waals surface area (Å²) in [5, 5.41) is 0. The van der Waals surface area contributed by atoms with Gasteiger partial charge in [0.1, 0.15) is 0 Å². The zero-order chi connectivity index (χ0) is 10.3. The lowest BCUT2D eigenvalue weighted by Gasteiger charge is -2.43. The molecule has 78 valence electrons. The third-order valence-electron chi connectivity index (χ3n) is 2.59. The van der Waals surface area contributed by atoms with Gasteiger partial charge in [0.2, 0.25) is 0 Å². The van der Waals surface area contributed by atoms with Crippen LogP contribution < -0.4 is 0 Å². The van der Waals surface area contributed by atoms with E-state index in [9.17, 15) is 8.42 Å². The van der Waals surface area contributed by atoms with E-state index in [1.54, 1.807) is 0 Å². The fourth-order valence-electron chi connectivity index (χ4n) is 1.38. The summed E-state index contributed by atoms with van der Waals surface area (Å²) >= 11 is 0. The maximum Gasteiger partial charge on any atom is 0.299 e. The van der Waals surface area contributed by atoms with E-state index in [0.717, 1.165) is 6.54 Å². The molecule has 1 saturated heterocycles. The van der Waals surface area contributed by atoms with Gasteiger partial charge in [-0.1, -0.05) is 0 Å². The van der Waals surface area contributed by atoms with Crippen LogP contribution in [0.15, 0.2) is 0 Å². The van der Waals surface area contributed by atoms with Crippen molar-refractivity contribution >= 4 is 19.9 Å². The minimum atomic E-state index is -3.54. The lowest BCUT2D eigenvalue weighted by Crippen LogP contribution is -2.58. The molecule has 1 rings (SSSR count). The molecule has 0 aromatic rings. The van der Waals surface area contributed by atoms with Crippen LogP contribution in [0.5, 0.6) is 0 Å². The summed E-state index contributed by atoms with van der Waals surface area (Å²) in [6.07, 6.45) is 0. The lowest BCUT2D eigenvalue weighted by molar-refractivity contribution is 0.0813. The van der Waals surface area contributed by atoms with Crippen molar-refractivity contribution in [2.45, 2.75) is 19.4 Å².